The van der Waals surface area contributed by atoms with Gasteiger partial charge in [0, 0.05) is 31.2 Å². The number of imidazole rings is 1. The lowest BCUT2D eigenvalue weighted by Gasteiger charge is -2.09. The average Bonchev–Trinajstić information content (AvgIpc) is 3.14. The summed E-state index contributed by atoms with van der Waals surface area (Å²) in [5.74, 6) is 0.317. The van der Waals surface area contributed by atoms with Gasteiger partial charge in [-0.05, 0) is 17.7 Å². The highest BCUT2D eigenvalue weighted by molar-refractivity contribution is 5.92. The number of carbonyl (C=O) groups is 1. The van der Waals surface area contributed by atoms with Crippen LogP contribution in [0.25, 0.3) is 5.65 Å². The van der Waals surface area contributed by atoms with Crippen molar-refractivity contribution < 1.29 is 4.79 Å². The highest BCUT2D eigenvalue weighted by Crippen LogP contribution is 2.06. The third-order valence-electron chi connectivity index (χ3n) is 4.21. The number of aromatic nitrogens is 4. The lowest BCUT2D eigenvalue weighted by molar-refractivity contribution is 0.0944. The van der Waals surface area contributed by atoms with Gasteiger partial charge in [-0.15, -0.1) is 0 Å². The van der Waals surface area contributed by atoms with Crippen molar-refractivity contribution in [1.82, 2.24) is 24.3 Å². The van der Waals surface area contributed by atoms with Crippen molar-refractivity contribution in [3.8, 4) is 0 Å². The van der Waals surface area contributed by atoms with Crippen LogP contribution >= 0.6 is 0 Å². The van der Waals surface area contributed by atoms with Gasteiger partial charge in [-0.3, -0.25) is 14.0 Å². The van der Waals surface area contributed by atoms with Gasteiger partial charge in [0.2, 0.25) is 0 Å². The van der Waals surface area contributed by atoms with E-state index in [9.17, 15) is 9.59 Å². The van der Waals surface area contributed by atoms with E-state index in [2.05, 4.69) is 15.3 Å². The van der Waals surface area contributed by atoms with E-state index in [0.29, 0.717) is 12.2 Å². The van der Waals surface area contributed by atoms with Gasteiger partial charge in [0.15, 0.2) is 0 Å². The number of pyridine rings is 1. The smallest absolute Gasteiger partial charge is 0.270 e. The molecule has 0 aliphatic heterocycles. The molecular formula is C20H17N5O2. The number of amides is 1. The van der Waals surface area contributed by atoms with Gasteiger partial charge < -0.3 is 9.88 Å². The van der Waals surface area contributed by atoms with E-state index in [1.54, 1.807) is 30.6 Å². The molecule has 0 saturated carbocycles. The normalized spacial score (nSPS) is 10.8. The van der Waals surface area contributed by atoms with Crippen LogP contribution in [-0.2, 0) is 13.1 Å². The van der Waals surface area contributed by atoms with Crippen LogP contribution in [0.3, 0.4) is 0 Å². The Labute approximate surface area is 155 Å². The fraction of sp³-hybridized carbons (Fsp3) is 0.100. The number of carbonyl (C=O) groups excluding carboxylic acids is 1. The van der Waals surface area contributed by atoms with Crippen molar-refractivity contribution in [2.75, 3.05) is 0 Å². The van der Waals surface area contributed by atoms with Crippen molar-refractivity contribution in [3.63, 3.8) is 0 Å². The first-order chi connectivity index (χ1) is 13.2. The minimum absolute atomic E-state index is 0.0902. The van der Waals surface area contributed by atoms with Crippen LogP contribution in [0.15, 0.2) is 78.0 Å². The molecule has 1 aromatic carbocycles. The number of nitrogens with zero attached hydrogens (tertiary/aromatic N) is 4. The Hall–Kier alpha value is -3.74. The average molecular weight is 359 g/mol. The van der Waals surface area contributed by atoms with Crippen LogP contribution in [-0.4, -0.2) is 24.8 Å². The molecule has 4 rings (SSSR count). The van der Waals surface area contributed by atoms with E-state index in [1.807, 2.05) is 41.1 Å². The van der Waals surface area contributed by atoms with Gasteiger partial charge in [-0.25, -0.2) is 9.97 Å². The molecule has 4 aromatic rings. The third-order valence-corrected chi connectivity index (χ3v) is 4.21. The fourth-order valence-electron chi connectivity index (χ4n) is 2.85. The van der Waals surface area contributed by atoms with Gasteiger partial charge in [-0.1, -0.05) is 36.4 Å². The number of hydrogen-bond donors (Lipinski definition) is 1. The predicted molar refractivity (Wildman–Crippen MR) is 100 cm³/mol. The van der Waals surface area contributed by atoms with Gasteiger partial charge in [0.05, 0.1) is 6.54 Å². The van der Waals surface area contributed by atoms with Gasteiger partial charge in [0.1, 0.15) is 17.2 Å². The van der Waals surface area contributed by atoms with Crippen LogP contribution in [0.2, 0.25) is 0 Å². The summed E-state index contributed by atoms with van der Waals surface area (Å²) in [6, 6.07) is 16.4. The zero-order valence-electron chi connectivity index (χ0n) is 14.4. The summed E-state index contributed by atoms with van der Waals surface area (Å²) in [6.45, 7) is 0.913. The van der Waals surface area contributed by atoms with Gasteiger partial charge in [0.25, 0.3) is 11.5 Å². The SMILES string of the molecule is O=C(NCc1nccn1Cc1ccccc1)c1cc(=O)n2ccccc2n1. The summed E-state index contributed by atoms with van der Waals surface area (Å²) in [7, 11) is 0. The molecule has 0 atom stereocenters. The minimum Gasteiger partial charge on any atom is -0.343 e. The Morgan fingerprint density at radius 2 is 1.85 bits per heavy atom. The molecule has 0 aliphatic carbocycles. The molecule has 0 saturated heterocycles. The first kappa shape index (κ1) is 16.7. The molecule has 0 aliphatic rings. The Balaban J connectivity index is 1.49. The van der Waals surface area contributed by atoms with Crippen molar-refractivity contribution in [2.24, 2.45) is 0 Å². The van der Waals surface area contributed by atoms with E-state index in [4.69, 9.17) is 0 Å². The second kappa shape index (κ2) is 7.25. The number of fused-ring (bicyclic) bond motifs is 1. The zero-order chi connectivity index (χ0) is 18.6. The molecule has 0 spiro atoms. The highest BCUT2D eigenvalue weighted by atomic mass is 16.2. The Morgan fingerprint density at radius 1 is 1.04 bits per heavy atom. The van der Waals surface area contributed by atoms with Crippen LogP contribution in [0.4, 0.5) is 0 Å². The van der Waals surface area contributed by atoms with Crippen molar-refractivity contribution in [2.45, 2.75) is 13.1 Å². The van der Waals surface area contributed by atoms with Gasteiger partial charge in [-0.2, -0.15) is 0 Å². The largest absolute Gasteiger partial charge is 0.343 e. The number of hydrogen-bond acceptors (Lipinski definition) is 4. The van der Waals surface area contributed by atoms with Crippen LogP contribution < -0.4 is 10.9 Å². The maximum atomic E-state index is 12.4. The Kier molecular flexibility index (Phi) is 4.49. The summed E-state index contributed by atoms with van der Waals surface area (Å²) in [5, 5.41) is 2.79. The van der Waals surface area contributed by atoms with E-state index < -0.39 is 5.91 Å². The standard InChI is InChI=1S/C20H17N5O2/c26-19-12-16(23-17-8-4-5-10-25(17)19)20(27)22-13-18-21-9-11-24(18)14-15-6-2-1-3-7-15/h1-12H,13-14H2,(H,22,27). The first-order valence-corrected chi connectivity index (χ1v) is 8.51. The number of nitrogens with one attached hydrogen (secondary N) is 1. The molecular weight excluding hydrogens is 342 g/mol. The fourth-order valence-corrected chi connectivity index (χ4v) is 2.85. The van der Waals surface area contributed by atoms with E-state index in [1.165, 1.54) is 10.5 Å². The lowest BCUT2D eigenvalue weighted by atomic mass is 10.2. The maximum absolute atomic E-state index is 12.4. The molecule has 134 valence electrons. The summed E-state index contributed by atoms with van der Waals surface area (Å²) >= 11 is 0. The number of benzene rings is 1. The topological polar surface area (TPSA) is 81.3 Å². The molecule has 0 radical (unpaired) electrons. The Bertz CT molecular complexity index is 1150. The van der Waals surface area contributed by atoms with Crippen LogP contribution in [0.1, 0.15) is 21.9 Å². The molecule has 3 heterocycles. The zero-order valence-corrected chi connectivity index (χ0v) is 14.4. The summed E-state index contributed by atoms with van der Waals surface area (Å²) in [5.41, 5.74) is 1.37. The molecule has 1 N–H and O–H groups in total. The number of rotatable bonds is 5. The van der Waals surface area contributed by atoms with Crippen LogP contribution in [0, 0.1) is 0 Å². The molecule has 1 amide bonds. The summed E-state index contributed by atoms with van der Waals surface area (Å²) in [6.07, 6.45) is 5.19. The quantitative estimate of drug-likeness (QED) is 0.590. The summed E-state index contributed by atoms with van der Waals surface area (Å²) < 4.78 is 3.36. The van der Waals surface area contributed by atoms with Crippen molar-refractivity contribution in [3.05, 3.63) is 101 Å². The molecule has 3 aromatic heterocycles. The molecule has 0 fully saturated rings. The second-order valence-corrected chi connectivity index (χ2v) is 6.05. The highest BCUT2D eigenvalue weighted by Gasteiger charge is 2.12. The van der Waals surface area contributed by atoms with Crippen molar-refractivity contribution >= 4 is 11.6 Å². The first-order valence-electron chi connectivity index (χ1n) is 8.51. The molecule has 7 heteroatoms. The predicted octanol–water partition coefficient (Wildman–Crippen LogP) is 1.87. The minimum atomic E-state index is -0.410. The lowest BCUT2D eigenvalue weighted by Crippen LogP contribution is -2.28. The van der Waals surface area contributed by atoms with E-state index in [-0.39, 0.29) is 17.8 Å². The third kappa shape index (κ3) is 3.62. The van der Waals surface area contributed by atoms with Gasteiger partial charge >= 0.3 is 0 Å². The maximum Gasteiger partial charge on any atom is 0.270 e. The van der Waals surface area contributed by atoms with Crippen LogP contribution in [0.5, 0.6) is 0 Å². The molecule has 27 heavy (non-hydrogen) atoms. The van der Waals surface area contributed by atoms with E-state index in [0.717, 1.165) is 11.4 Å². The Morgan fingerprint density at radius 3 is 2.70 bits per heavy atom. The van der Waals surface area contributed by atoms with Crippen molar-refractivity contribution in [1.29, 1.82) is 0 Å². The molecule has 7 nitrogen and oxygen atoms in total. The molecule has 0 bridgehead atoms. The second-order valence-electron chi connectivity index (χ2n) is 6.05. The monoisotopic (exact) mass is 359 g/mol. The van der Waals surface area contributed by atoms with E-state index >= 15 is 0 Å². The summed E-state index contributed by atoms with van der Waals surface area (Å²) in [4.78, 5) is 33.1. The molecule has 0 unspecified atom stereocenters.